The van der Waals surface area contributed by atoms with Gasteiger partial charge in [0.2, 0.25) is 0 Å². The molecule has 0 aromatic rings. The predicted octanol–water partition coefficient (Wildman–Crippen LogP) is 3.74. The molecule has 0 aromatic heterocycles. The highest BCUT2D eigenvalue weighted by Crippen LogP contribution is 2.38. The minimum atomic E-state index is -4.00. The summed E-state index contributed by atoms with van der Waals surface area (Å²) < 4.78 is 37.9. The minimum absolute atomic E-state index is 0.0802. The van der Waals surface area contributed by atoms with E-state index in [1.54, 1.807) is 0 Å². The summed E-state index contributed by atoms with van der Waals surface area (Å²) in [4.78, 5) is 0. The van der Waals surface area contributed by atoms with E-state index in [1.807, 2.05) is 0 Å². The number of halogens is 3. The third-order valence-electron chi connectivity index (χ3n) is 4.29. The van der Waals surface area contributed by atoms with Crippen LogP contribution in [0.2, 0.25) is 0 Å². The van der Waals surface area contributed by atoms with E-state index in [2.05, 4.69) is 12.2 Å². The average molecular weight is 249 g/mol. The largest absolute Gasteiger partial charge is 0.391 e. The van der Waals surface area contributed by atoms with Crippen molar-refractivity contribution in [2.45, 2.75) is 57.7 Å². The fraction of sp³-hybridized carbons (Fsp3) is 1.00. The summed E-state index contributed by atoms with van der Waals surface area (Å²) in [5.74, 6) is 0.371. The number of hydrogen-bond acceptors (Lipinski definition) is 1. The van der Waals surface area contributed by atoms with Gasteiger partial charge in [0.15, 0.2) is 0 Å². The van der Waals surface area contributed by atoms with Crippen LogP contribution in [0.15, 0.2) is 0 Å². The Morgan fingerprint density at radius 2 is 1.88 bits per heavy atom. The Hall–Kier alpha value is -0.250. The van der Waals surface area contributed by atoms with Gasteiger partial charge in [-0.25, -0.2) is 0 Å². The van der Waals surface area contributed by atoms with Crippen LogP contribution < -0.4 is 5.32 Å². The summed E-state index contributed by atoms with van der Waals surface area (Å²) in [7, 11) is 0. The second-order valence-corrected chi connectivity index (χ2v) is 5.83. The molecular formula is C13H22F3N. The van der Waals surface area contributed by atoms with Gasteiger partial charge in [0.1, 0.15) is 0 Å². The monoisotopic (exact) mass is 249 g/mol. The van der Waals surface area contributed by atoms with Crippen LogP contribution in [-0.4, -0.2) is 18.8 Å². The molecule has 0 amide bonds. The van der Waals surface area contributed by atoms with Gasteiger partial charge in [-0.05, 0) is 50.5 Å². The maximum atomic E-state index is 12.6. The predicted molar refractivity (Wildman–Crippen MR) is 61.7 cm³/mol. The van der Waals surface area contributed by atoms with Gasteiger partial charge >= 0.3 is 6.18 Å². The number of hydrogen-bond donors (Lipinski definition) is 1. The van der Waals surface area contributed by atoms with Crippen molar-refractivity contribution < 1.29 is 13.2 Å². The molecule has 0 spiro atoms. The highest BCUT2D eigenvalue weighted by molar-refractivity contribution is 4.84. The van der Waals surface area contributed by atoms with Crippen molar-refractivity contribution in [2.75, 3.05) is 6.54 Å². The van der Waals surface area contributed by atoms with Crippen LogP contribution in [0, 0.1) is 17.8 Å². The van der Waals surface area contributed by atoms with Gasteiger partial charge in [0, 0.05) is 6.04 Å². The topological polar surface area (TPSA) is 12.0 Å². The third kappa shape index (κ3) is 3.87. The van der Waals surface area contributed by atoms with E-state index in [-0.39, 0.29) is 12.5 Å². The third-order valence-corrected chi connectivity index (χ3v) is 4.29. The first-order valence-electron chi connectivity index (χ1n) is 6.77. The summed E-state index contributed by atoms with van der Waals surface area (Å²) >= 11 is 0. The lowest BCUT2D eigenvalue weighted by Crippen LogP contribution is -2.40. The van der Waals surface area contributed by atoms with Crippen LogP contribution in [-0.2, 0) is 0 Å². The van der Waals surface area contributed by atoms with Crippen molar-refractivity contribution in [3.8, 4) is 0 Å². The molecular weight excluding hydrogens is 227 g/mol. The Morgan fingerprint density at radius 3 is 2.47 bits per heavy atom. The van der Waals surface area contributed by atoms with Gasteiger partial charge in [-0.3, -0.25) is 0 Å². The first-order chi connectivity index (χ1) is 7.97. The average Bonchev–Trinajstić information content (AvgIpc) is 3.09. The molecule has 0 saturated heterocycles. The molecule has 0 aromatic carbocycles. The van der Waals surface area contributed by atoms with E-state index in [0.717, 1.165) is 18.9 Å². The van der Waals surface area contributed by atoms with E-state index in [4.69, 9.17) is 0 Å². The number of rotatable bonds is 4. The zero-order chi connectivity index (χ0) is 12.5. The fourth-order valence-corrected chi connectivity index (χ4v) is 2.86. The molecule has 2 saturated carbocycles. The zero-order valence-electron chi connectivity index (χ0n) is 10.4. The molecule has 2 aliphatic carbocycles. The Balaban J connectivity index is 1.73. The van der Waals surface area contributed by atoms with Crippen LogP contribution in [0.5, 0.6) is 0 Å². The minimum Gasteiger partial charge on any atom is -0.314 e. The summed E-state index contributed by atoms with van der Waals surface area (Å²) in [6, 6.07) is 0.0802. The van der Waals surface area contributed by atoms with Crippen molar-refractivity contribution in [3.63, 3.8) is 0 Å². The molecule has 2 fully saturated rings. The quantitative estimate of drug-likeness (QED) is 0.800. The van der Waals surface area contributed by atoms with Crippen LogP contribution in [0.25, 0.3) is 0 Å². The van der Waals surface area contributed by atoms with Crippen molar-refractivity contribution >= 4 is 0 Å². The lowest BCUT2D eigenvalue weighted by atomic mass is 9.85. The molecule has 0 aliphatic heterocycles. The number of nitrogens with one attached hydrogen (secondary N) is 1. The normalized spacial score (nSPS) is 32.5. The first-order valence-corrected chi connectivity index (χ1v) is 6.77. The van der Waals surface area contributed by atoms with Gasteiger partial charge in [-0.15, -0.1) is 0 Å². The fourth-order valence-electron chi connectivity index (χ4n) is 2.86. The van der Waals surface area contributed by atoms with Gasteiger partial charge in [-0.2, -0.15) is 13.2 Å². The highest BCUT2D eigenvalue weighted by Gasteiger charge is 2.42. The molecule has 100 valence electrons. The molecule has 0 bridgehead atoms. The Kier molecular flexibility index (Phi) is 4.01. The van der Waals surface area contributed by atoms with E-state index in [0.29, 0.717) is 18.8 Å². The zero-order valence-corrected chi connectivity index (χ0v) is 10.4. The molecule has 1 nitrogen and oxygen atoms in total. The molecule has 0 radical (unpaired) electrons. The SMILES string of the molecule is CC(CNC1CCCC(C(F)(F)F)C1)C1CC1. The molecule has 4 heteroatoms. The Labute approximate surface area is 101 Å². The van der Waals surface area contributed by atoms with Gasteiger partial charge in [0.05, 0.1) is 5.92 Å². The molecule has 2 aliphatic rings. The van der Waals surface area contributed by atoms with E-state index in [1.165, 1.54) is 12.8 Å². The summed E-state index contributed by atoms with van der Waals surface area (Å²) in [6.07, 6.45) is 0.824. The van der Waals surface area contributed by atoms with Crippen LogP contribution in [0.4, 0.5) is 13.2 Å². The molecule has 3 unspecified atom stereocenters. The summed E-state index contributed by atoms with van der Waals surface area (Å²) in [6.45, 7) is 3.09. The van der Waals surface area contributed by atoms with Crippen LogP contribution in [0.3, 0.4) is 0 Å². The lowest BCUT2D eigenvalue weighted by Gasteiger charge is -2.31. The highest BCUT2D eigenvalue weighted by atomic mass is 19.4. The molecule has 1 N–H and O–H groups in total. The van der Waals surface area contributed by atoms with E-state index >= 15 is 0 Å². The van der Waals surface area contributed by atoms with Crippen molar-refractivity contribution in [2.24, 2.45) is 17.8 Å². The van der Waals surface area contributed by atoms with Gasteiger partial charge in [-0.1, -0.05) is 13.3 Å². The van der Waals surface area contributed by atoms with Crippen molar-refractivity contribution in [3.05, 3.63) is 0 Å². The molecule has 2 rings (SSSR count). The summed E-state index contributed by atoms with van der Waals surface area (Å²) in [5, 5.41) is 3.34. The standard InChI is InChI=1S/C13H22F3N/c1-9(10-5-6-10)8-17-12-4-2-3-11(7-12)13(14,15)16/h9-12,17H,2-8H2,1H3. The maximum absolute atomic E-state index is 12.6. The molecule has 0 heterocycles. The summed E-state index contributed by atoms with van der Waals surface area (Å²) in [5.41, 5.74) is 0. The Bertz CT molecular complexity index is 248. The van der Waals surface area contributed by atoms with Gasteiger partial charge < -0.3 is 5.32 Å². The Morgan fingerprint density at radius 1 is 1.18 bits per heavy atom. The second kappa shape index (κ2) is 5.17. The maximum Gasteiger partial charge on any atom is 0.391 e. The smallest absolute Gasteiger partial charge is 0.314 e. The van der Waals surface area contributed by atoms with E-state index in [9.17, 15) is 13.2 Å². The molecule has 17 heavy (non-hydrogen) atoms. The lowest BCUT2D eigenvalue weighted by molar-refractivity contribution is -0.183. The van der Waals surface area contributed by atoms with Gasteiger partial charge in [0.25, 0.3) is 0 Å². The second-order valence-electron chi connectivity index (χ2n) is 5.83. The van der Waals surface area contributed by atoms with Crippen molar-refractivity contribution in [1.29, 1.82) is 0 Å². The van der Waals surface area contributed by atoms with E-state index < -0.39 is 12.1 Å². The number of alkyl halides is 3. The first kappa shape index (κ1) is 13.2. The molecule has 3 atom stereocenters. The van der Waals surface area contributed by atoms with Crippen LogP contribution in [0.1, 0.15) is 45.4 Å². The van der Waals surface area contributed by atoms with Crippen molar-refractivity contribution in [1.82, 2.24) is 5.32 Å². The van der Waals surface area contributed by atoms with Crippen LogP contribution >= 0.6 is 0 Å².